The molecule has 0 aromatic heterocycles. The molecule has 2 heteroatoms. The molecule has 0 rings (SSSR count). The van der Waals surface area contributed by atoms with Gasteiger partial charge in [0.15, 0.2) is 0 Å². The van der Waals surface area contributed by atoms with Crippen LogP contribution in [-0.2, 0) is 21.7 Å². The molecule has 1 nitrogen and oxygen atoms in total. The zero-order valence-corrected chi connectivity index (χ0v) is 4.55. The minimum absolute atomic E-state index is 0. The maximum Gasteiger partial charge on any atom is 0 e. The monoisotopic (exact) mass is 107 g/mol. The van der Waals surface area contributed by atoms with Crippen LogP contribution in [-0.4, -0.2) is 5.48 Å². The van der Waals surface area contributed by atoms with Crippen LogP contribution in [0, 0.1) is 6.92 Å². The Hall–Kier alpha value is 0.284. The SMILES string of the molecule is C=C[CH2-].O.[Ti]. The van der Waals surface area contributed by atoms with Gasteiger partial charge in [-0.2, -0.15) is 0 Å². The predicted octanol–water partition coefficient (Wildman–Crippen LogP) is 0.179. The van der Waals surface area contributed by atoms with Crippen molar-refractivity contribution in [3.63, 3.8) is 0 Å². The Bertz CT molecular complexity index is 14.4. The molecule has 0 aromatic rings. The van der Waals surface area contributed by atoms with E-state index in [1.54, 1.807) is 0 Å². The van der Waals surface area contributed by atoms with Crippen LogP contribution in [0.25, 0.3) is 0 Å². The molecule has 0 heterocycles. The summed E-state index contributed by atoms with van der Waals surface area (Å²) in [4.78, 5) is 0. The van der Waals surface area contributed by atoms with Crippen molar-refractivity contribution in [2.24, 2.45) is 0 Å². The van der Waals surface area contributed by atoms with Gasteiger partial charge in [-0.3, -0.25) is 0 Å². The minimum Gasteiger partial charge on any atom is -0.412 e. The van der Waals surface area contributed by atoms with Crippen molar-refractivity contribution in [2.75, 3.05) is 0 Å². The average molecular weight is 107 g/mol. The van der Waals surface area contributed by atoms with Gasteiger partial charge < -0.3 is 5.48 Å². The Kier molecular flexibility index (Phi) is 104. The fourth-order valence-corrected chi connectivity index (χ4v) is 0. The molecule has 0 aliphatic rings. The van der Waals surface area contributed by atoms with Crippen LogP contribution in [0.3, 0.4) is 0 Å². The first-order chi connectivity index (χ1) is 1.41. The largest absolute Gasteiger partial charge is 0.412 e. The summed E-state index contributed by atoms with van der Waals surface area (Å²) in [5.74, 6) is 0. The Morgan fingerprint density at radius 1 is 1.60 bits per heavy atom. The molecule has 0 aliphatic carbocycles. The zero-order valence-electron chi connectivity index (χ0n) is 2.99. The number of allylic oxidation sites excluding steroid dienone is 1. The van der Waals surface area contributed by atoms with Gasteiger partial charge in [-0.15, -0.1) is 0 Å². The Morgan fingerprint density at radius 3 is 1.60 bits per heavy atom. The molecule has 5 heavy (non-hydrogen) atoms. The maximum atomic E-state index is 3.25. The molecule has 2 N–H and O–H groups in total. The predicted molar refractivity (Wildman–Crippen MR) is 19.2 cm³/mol. The van der Waals surface area contributed by atoms with Gasteiger partial charge in [-0.05, 0) is 0 Å². The molecule has 0 saturated carbocycles. The van der Waals surface area contributed by atoms with E-state index in [0.29, 0.717) is 0 Å². The van der Waals surface area contributed by atoms with E-state index in [4.69, 9.17) is 0 Å². The van der Waals surface area contributed by atoms with Crippen molar-refractivity contribution < 1.29 is 27.2 Å². The summed E-state index contributed by atoms with van der Waals surface area (Å²) in [5.41, 5.74) is 0. The van der Waals surface area contributed by atoms with Gasteiger partial charge in [0.05, 0.1) is 0 Å². The molecule has 0 fully saturated rings. The van der Waals surface area contributed by atoms with E-state index < -0.39 is 0 Å². The van der Waals surface area contributed by atoms with Crippen LogP contribution in [0.4, 0.5) is 0 Å². The van der Waals surface area contributed by atoms with E-state index in [-0.39, 0.29) is 27.2 Å². The van der Waals surface area contributed by atoms with Gasteiger partial charge in [0.1, 0.15) is 0 Å². The molecule has 0 spiro atoms. The first kappa shape index (κ1) is 18.6. The molecular formula is C3H7OTi-. The van der Waals surface area contributed by atoms with Gasteiger partial charge in [0.25, 0.3) is 0 Å². The van der Waals surface area contributed by atoms with E-state index in [9.17, 15) is 0 Å². The van der Waals surface area contributed by atoms with Gasteiger partial charge in [-0.1, -0.05) is 0 Å². The molecular weight excluding hydrogens is 99.9 g/mol. The topological polar surface area (TPSA) is 31.5 Å². The number of hydrogen-bond acceptors (Lipinski definition) is 0. The molecule has 0 aliphatic heterocycles. The van der Waals surface area contributed by atoms with Crippen LogP contribution >= 0.6 is 0 Å². The van der Waals surface area contributed by atoms with E-state index in [2.05, 4.69) is 13.5 Å². The van der Waals surface area contributed by atoms with Gasteiger partial charge in [0.2, 0.25) is 0 Å². The van der Waals surface area contributed by atoms with E-state index >= 15 is 0 Å². The van der Waals surface area contributed by atoms with Crippen molar-refractivity contribution >= 4 is 0 Å². The van der Waals surface area contributed by atoms with Crippen LogP contribution in [0.2, 0.25) is 0 Å². The molecule has 0 saturated heterocycles. The summed E-state index contributed by atoms with van der Waals surface area (Å²) in [6.07, 6.45) is 1.50. The third kappa shape index (κ3) is 277. The molecule has 0 atom stereocenters. The number of rotatable bonds is 0. The fraction of sp³-hybridized carbons (Fsp3) is 0. The van der Waals surface area contributed by atoms with Gasteiger partial charge >= 0.3 is 0 Å². The molecule has 30 valence electrons. The summed E-state index contributed by atoms with van der Waals surface area (Å²) >= 11 is 0. The maximum absolute atomic E-state index is 3.25. The summed E-state index contributed by atoms with van der Waals surface area (Å²) in [6, 6.07) is 0. The smallest absolute Gasteiger partial charge is 0 e. The van der Waals surface area contributed by atoms with E-state index in [1.807, 2.05) is 0 Å². The molecule has 0 unspecified atom stereocenters. The molecule has 0 aromatic carbocycles. The minimum atomic E-state index is 0. The quantitative estimate of drug-likeness (QED) is 0.312. The van der Waals surface area contributed by atoms with Gasteiger partial charge in [0, 0.05) is 21.7 Å². The van der Waals surface area contributed by atoms with Gasteiger partial charge in [-0.25, -0.2) is 19.6 Å². The van der Waals surface area contributed by atoms with E-state index in [1.165, 1.54) is 6.08 Å². The third-order valence-electron chi connectivity index (χ3n) is 0. The first-order valence-electron chi connectivity index (χ1n) is 0.816. The zero-order chi connectivity index (χ0) is 2.71. The Labute approximate surface area is 47.3 Å². The second-order valence-electron chi connectivity index (χ2n) is 0.289. The van der Waals surface area contributed by atoms with Crippen molar-refractivity contribution in [2.45, 2.75) is 0 Å². The fourth-order valence-electron chi connectivity index (χ4n) is 0. The second kappa shape index (κ2) is 28.0. The second-order valence-corrected chi connectivity index (χ2v) is 0.289. The first-order valence-corrected chi connectivity index (χ1v) is 0.816. The Balaban J connectivity index is -0.0000000200. The van der Waals surface area contributed by atoms with Crippen LogP contribution in [0.15, 0.2) is 12.7 Å². The summed E-state index contributed by atoms with van der Waals surface area (Å²) in [7, 11) is 0. The van der Waals surface area contributed by atoms with Crippen molar-refractivity contribution in [3.8, 4) is 0 Å². The van der Waals surface area contributed by atoms with Crippen LogP contribution < -0.4 is 0 Å². The standard InChI is InChI=1S/C3H5.H2O.Ti/c1-3-2;;/h3H,1-2H2;1H2;/q-1;;. The van der Waals surface area contributed by atoms with Crippen LogP contribution in [0.1, 0.15) is 0 Å². The summed E-state index contributed by atoms with van der Waals surface area (Å²) < 4.78 is 0. The summed E-state index contributed by atoms with van der Waals surface area (Å²) in [6.45, 7) is 6.50. The molecule has 0 amide bonds. The van der Waals surface area contributed by atoms with Crippen molar-refractivity contribution in [1.29, 1.82) is 0 Å². The molecule has 0 bridgehead atoms. The van der Waals surface area contributed by atoms with Crippen LogP contribution in [0.5, 0.6) is 0 Å². The summed E-state index contributed by atoms with van der Waals surface area (Å²) in [5, 5.41) is 0. The Morgan fingerprint density at radius 2 is 1.60 bits per heavy atom. The average Bonchev–Trinajstić information content (AvgIpc) is 0.918. The number of hydrogen-bond donors (Lipinski definition) is 0. The van der Waals surface area contributed by atoms with Crippen molar-refractivity contribution in [3.05, 3.63) is 19.6 Å². The van der Waals surface area contributed by atoms with E-state index in [0.717, 1.165) is 0 Å². The molecule has 0 radical (unpaired) electrons. The van der Waals surface area contributed by atoms with Crippen molar-refractivity contribution in [1.82, 2.24) is 0 Å². The normalized spacial score (nSPS) is 2.40. The third-order valence-corrected chi connectivity index (χ3v) is 0.